The van der Waals surface area contributed by atoms with Crippen LogP contribution in [-0.4, -0.2) is 6.29 Å². The maximum atomic E-state index is 9.93. The Labute approximate surface area is 59.9 Å². The van der Waals surface area contributed by atoms with E-state index in [1.165, 1.54) is 0 Å². The fourth-order valence-electron chi connectivity index (χ4n) is 0.517. The monoisotopic (exact) mass is 136 g/mol. The zero-order chi connectivity index (χ0) is 7.98. The molecular weight excluding hydrogens is 128 g/mol. The van der Waals surface area contributed by atoms with Gasteiger partial charge in [-0.3, -0.25) is 4.79 Å². The zero-order valence-electron chi connectivity index (χ0n) is 5.70. The van der Waals surface area contributed by atoms with Crippen molar-refractivity contribution in [1.82, 2.24) is 0 Å². The van der Waals surface area contributed by atoms with Crippen molar-refractivity contribution in [3.8, 4) is 12.8 Å². The lowest BCUT2D eigenvalue weighted by atomic mass is 10.5. The maximum Gasteiger partial charge on any atom is 0.185 e. The van der Waals surface area contributed by atoms with Crippen LogP contribution in [-0.2, 0) is 0 Å². The normalized spacial score (nSPS) is 7.50. The van der Waals surface area contributed by atoms with Crippen molar-refractivity contribution in [2.75, 3.05) is 0 Å². The van der Waals surface area contributed by atoms with E-state index in [-0.39, 0.29) is 0 Å². The van der Waals surface area contributed by atoms with Crippen LogP contribution >= 0.6 is 0 Å². The van der Waals surface area contributed by atoms with Crippen molar-refractivity contribution in [3.63, 3.8) is 0 Å². The molecule has 0 N–H and O–H groups in total. The van der Waals surface area contributed by atoms with Crippen LogP contribution in [0.2, 0.25) is 0 Å². The summed E-state index contributed by atoms with van der Waals surface area (Å²) in [5, 5.41) is 0. The third kappa shape index (κ3) is 2.19. The second kappa shape index (κ2) is 4.39. The highest BCUT2D eigenvalue weighted by Gasteiger charge is 1.91. The maximum absolute atomic E-state index is 9.93. The van der Waals surface area contributed by atoms with E-state index >= 15 is 0 Å². The lowest BCUT2D eigenvalue weighted by Crippen LogP contribution is -1.66. The van der Waals surface area contributed by atoms with Gasteiger partial charge in [-0.2, -0.15) is 0 Å². The number of terminal acetylenes is 1. The third-order valence-corrected chi connectivity index (χ3v) is 0.877. The molecule has 0 aliphatic heterocycles. The number of carbonyl (C=O) groups excluding carboxylic acids is 1. The summed E-state index contributed by atoms with van der Waals surface area (Å²) in [6.45, 7) is 1.80. The van der Waals surface area contributed by atoms with Crippen molar-refractivity contribution in [1.29, 1.82) is 0 Å². The van der Waals surface area contributed by atoms with Gasteiger partial charge in [0.05, 0.1) is 0 Å². The van der Waals surface area contributed by atoms with Gasteiger partial charge in [0.2, 0.25) is 0 Å². The molecule has 0 aliphatic rings. The lowest BCUT2D eigenvalue weighted by molar-refractivity contribution is 0.109. The van der Waals surface area contributed by atoms with Gasteiger partial charge < -0.3 is 4.42 Å². The van der Waals surface area contributed by atoms with Crippen LogP contribution < -0.4 is 0 Å². The molecular formula is C8H8O2. The quantitative estimate of drug-likeness (QED) is 0.434. The summed E-state index contributed by atoms with van der Waals surface area (Å²) in [5.74, 6) is 1.16. The Bertz CT molecular complexity index is 220. The number of carbonyl (C=O) groups is 1. The summed E-state index contributed by atoms with van der Waals surface area (Å²) in [6.07, 6.45) is 8.69. The molecule has 0 amide bonds. The summed E-state index contributed by atoms with van der Waals surface area (Å²) in [5.41, 5.74) is 0. The number of hydrogen-bond donors (Lipinski definition) is 0. The van der Waals surface area contributed by atoms with E-state index in [1.807, 2.05) is 0 Å². The van der Waals surface area contributed by atoms with Crippen molar-refractivity contribution >= 4 is 6.29 Å². The minimum atomic E-state index is 0.391. The van der Waals surface area contributed by atoms with Gasteiger partial charge in [-0.15, -0.1) is 12.8 Å². The highest BCUT2D eigenvalue weighted by atomic mass is 16.3. The van der Waals surface area contributed by atoms with E-state index < -0.39 is 0 Å². The first-order valence-corrected chi connectivity index (χ1v) is 2.68. The van der Waals surface area contributed by atoms with E-state index in [2.05, 4.69) is 12.8 Å². The van der Waals surface area contributed by atoms with Crippen LogP contribution in [0.1, 0.15) is 16.3 Å². The number of hydrogen-bond acceptors (Lipinski definition) is 2. The average Bonchev–Trinajstić information content (AvgIpc) is 2.40. The van der Waals surface area contributed by atoms with Gasteiger partial charge in [0.15, 0.2) is 12.0 Å². The molecule has 2 nitrogen and oxygen atoms in total. The molecule has 1 rings (SSSR count). The SMILES string of the molecule is C#C.Cc1ccc(C=O)o1. The van der Waals surface area contributed by atoms with E-state index in [1.54, 1.807) is 19.1 Å². The Balaban J connectivity index is 0.000000371. The van der Waals surface area contributed by atoms with Crippen molar-refractivity contribution in [3.05, 3.63) is 23.7 Å². The standard InChI is InChI=1S/C6H6O2.C2H2/c1-5-2-3-6(4-7)8-5;1-2/h2-4H,1H3;1-2H. The molecule has 1 aromatic rings. The molecule has 0 saturated carbocycles. The van der Waals surface area contributed by atoms with Crippen LogP contribution in [0.15, 0.2) is 16.5 Å². The Morgan fingerprint density at radius 2 is 2.10 bits per heavy atom. The Morgan fingerprint density at radius 3 is 2.30 bits per heavy atom. The van der Waals surface area contributed by atoms with Gasteiger partial charge in [0.25, 0.3) is 0 Å². The fourth-order valence-corrected chi connectivity index (χ4v) is 0.517. The third-order valence-electron chi connectivity index (χ3n) is 0.877. The van der Waals surface area contributed by atoms with Gasteiger partial charge in [-0.1, -0.05) is 0 Å². The molecule has 0 saturated heterocycles. The molecule has 0 bridgehead atoms. The molecule has 0 aliphatic carbocycles. The molecule has 0 aromatic carbocycles. The van der Waals surface area contributed by atoms with Crippen molar-refractivity contribution in [2.45, 2.75) is 6.92 Å². The van der Waals surface area contributed by atoms with Gasteiger partial charge in [0.1, 0.15) is 5.76 Å². The second-order valence-corrected chi connectivity index (χ2v) is 1.57. The van der Waals surface area contributed by atoms with E-state index in [0.29, 0.717) is 12.0 Å². The number of aldehydes is 1. The number of rotatable bonds is 1. The highest BCUT2D eigenvalue weighted by Crippen LogP contribution is 2.01. The highest BCUT2D eigenvalue weighted by molar-refractivity contribution is 5.70. The summed E-state index contributed by atoms with van der Waals surface area (Å²) >= 11 is 0. The Kier molecular flexibility index (Phi) is 3.74. The van der Waals surface area contributed by atoms with Gasteiger partial charge in [-0.25, -0.2) is 0 Å². The molecule has 1 aromatic heterocycles. The van der Waals surface area contributed by atoms with E-state index in [0.717, 1.165) is 5.76 Å². The first kappa shape index (κ1) is 8.51. The molecule has 0 atom stereocenters. The second-order valence-electron chi connectivity index (χ2n) is 1.57. The van der Waals surface area contributed by atoms with Crippen LogP contribution in [0.25, 0.3) is 0 Å². The molecule has 0 unspecified atom stereocenters. The fraction of sp³-hybridized carbons (Fsp3) is 0.125. The Hall–Kier alpha value is -1.49. The van der Waals surface area contributed by atoms with E-state index in [9.17, 15) is 4.79 Å². The zero-order valence-corrected chi connectivity index (χ0v) is 5.70. The summed E-state index contributed by atoms with van der Waals surface area (Å²) in [4.78, 5) is 9.93. The van der Waals surface area contributed by atoms with Crippen LogP contribution in [0.3, 0.4) is 0 Å². The largest absolute Gasteiger partial charge is 0.459 e. The lowest BCUT2D eigenvalue weighted by Gasteiger charge is -1.75. The number of aryl methyl sites for hydroxylation is 1. The molecule has 2 heteroatoms. The average molecular weight is 136 g/mol. The minimum Gasteiger partial charge on any atom is -0.459 e. The van der Waals surface area contributed by atoms with Crippen LogP contribution in [0.4, 0.5) is 0 Å². The number of furan rings is 1. The molecule has 0 radical (unpaired) electrons. The Morgan fingerprint density at radius 1 is 1.50 bits per heavy atom. The van der Waals surface area contributed by atoms with Crippen molar-refractivity contribution in [2.24, 2.45) is 0 Å². The van der Waals surface area contributed by atoms with E-state index in [4.69, 9.17) is 4.42 Å². The molecule has 10 heavy (non-hydrogen) atoms. The van der Waals surface area contributed by atoms with Crippen molar-refractivity contribution < 1.29 is 9.21 Å². The predicted octanol–water partition coefficient (Wildman–Crippen LogP) is 1.65. The summed E-state index contributed by atoms with van der Waals surface area (Å²) < 4.78 is 4.86. The molecule has 52 valence electrons. The van der Waals surface area contributed by atoms with Gasteiger partial charge in [-0.05, 0) is 19.1 Å². The van der Waals surface area contributed by atoms with Crippen LogP contribution in [0, 0.1) is 19.8 Å². The molecule has 1 heterocycles. The molecule has 0 fully saturated rings. The topological polar surface area (TPSA) is 30.2 Å². The first-order valence-electron chi connectivity index (χ1n) is 2.68. The first-order chi connectivity index (χ1) is 4.83. The predicted molar refractivity (Wildman–Crippen MR) is 38.7 cm³/mol. The smallest absolute Gasteiger partial charge is 0.185 e. The van der Waals surface area contributed by atoms with Crippen LogP contribution in [0.5, 0.6) is 0 Å². The minimum absolute atomic E-state index is 0.391. The summed E-state index contributed by atoms with van der Waals surface area (Å²) in [6, 6.07) is 3.39. The molecule has 0 spiro atoms. The van der Waals surface area contributed by atoms with Gasteiger partial charge in [0, 0.05) is 0 Å². The summed E-state index contributed by atoms with van der Waals surface area (Å²) in [7, 11) is 0. The van der Waals surface area contributed by atoms with Gasteiger partial charge >= 0.3 is 0 Å².